The quantitative estimate of drug-likeness (QED) is 0.767. The zero-order chi connectivity index (χ0) is 15.9. The van der Waals surface area contributed by atoms with Crippen molar-refractivity contribution in [3.63, 3.8) is 0 Å². The van der Waals surface area contributed by atoms with E-state index in [1.807, 2.05) is 0 Å². The van der Waals surface area contributed by atoms with Crippen LogP contribution < -0.4 is 0 Å². The lowest BCUT2D eigenvalue weighted by Gasteiger charge is -2.08. The summed E-state index contributed by atoms with van der Waals surface area (Å²) in [6, 6.07) is 9.77. The van der Waals surface area contributed by atoms with E-state index in [0.717, 1.165) is 12.1 Å². The van der Waals surface area contributed by atoms with Gasteiger partial charge in [-0.3, -0.25) is 0 Å². The minimum atomic E-state index is -4.38. The highest BCUT2D eigenvalue weighted by atomic mass is 35.5. The molecule has 1 N–H and O–H groups in total. The fraction of sp³-hybridized carbons (Fsp3) is 0.133. The molecule has 114 valence electrons. The zero-order valence-electron chi connectivity index (χ0n) is 11.1. The van der Waals surface area contributed by atoms with Gasteiger partial charge in [0, 0.05) is 5.39 Å². The summed E-state index contributed by atoms with van der Waals surface area (Å²) in [5.41, 5.74) is 0.727. The molecule has 0 spiro atoms. The van der Waals surface area contributed by atoms with Gasteiger partial charge in [-0.05, 0) is 36.4 Å². The maximum Gasteiger partial charge on any atom is 0.416 e. The number of aliphatic hydroxyl groups is 1. The third-order valence-electron chi connectivity index (χ3n) is 3.32. The predicted octanol–water partition coefficient (Wildman–Crippen LogP) is 4.19. The molecule has 0 aliphatic heterocycles. The van der Waals surface area contributed by atoms with Crippen molar-refractivity contribution in [1.29, 1.82) is 0 Å². The molecule has 0 atom stereocenters. The normalized spacial score (nSPS) is 12.0. The van der Waals surface area contributed by atoms with Gasteiger partial charge in [0.1, 0.15) is 0 Å². The molecule has 0 unspecified atom stereocenters. The molecule has 0 bridgehead atoms. The Kier molecular flexibility index (Phi) is 3.58. The van der Waals surface area contributed by atoms with E-state index in [-0.39, 0.29) is 6.61 Å². The van der Waals surface area contributed by atoms with E-state index in [1.54, 1.807) is 18.2 Å². The number of halogens is 4. The van der Waals surface area contributed by atoms with Gasteiger partial charge >= 0.3 is 6.18 Å². The van der Waals surface area contributed by atoms with E-state index in [2.05, 4.69) is 5.10 Å². The van der Waals surface area contributed by atoms with Crippen molar-refractivity contribution >= 4 is 22.5 Å². The van der Waals surface area contributed by atoms with Gasteiger partial charge in [-0.1, -0.05) is 17.7 Å². The first kappa shape index (κ1) is 14.9. The summed E-state index contributed by atoms with van der Waals surface area (Å²) in [5.74, 6) is 0. The molecule has 2 aromatic carbocycles. The van der Waals surface area contributed by atoms with Gasteiger partial charge in [-0.2, -0.15) is 18.3 Å². The third-order valence-corrected chi connectivity index (χ3v) is 3.63. The number of fused-ring (bicyclic) bond motifs is 1. The van der Waals surface area contributed by atoms with Crippen LogP contribution in [0.2, 0.25) is 5.02 Å². The van der Waals surface area contributed by atoms with E-state index in [1.165, 1.54) is 16.8 Å². The molecular weight excluding hydrogens is 317 g/mol. The summed E-state index contributed by atoms with van der Waals surface area (Å²) < 4.78 is 39.3. The SMILES string of the molecule is OCc1nn(-c2ccc(C(F)(F)F)cc2)c2cccc(Cl)c12. The fourth-order valence-corrected chi connectivity index (χ4v) is 2.58. The molecule has 7 heteroatoms. The number of aromatic nitrogens is 2. The van der Waals surface area contributed by atoms with Crippen LogP contribution in [0, 0.1) is 0 Å². The molecule has 0 aliphatic rings. The van der Waals surface area contributed by atoms with Crippen molar-refractivity contribution in [3.05, 3.63) is 58.7 Å². The molecule has 0 radical (unpaired) electrons. The Morgan fingerprint density at radius 2 is 1.77 bits per heavy atom. The first-order valence-corrected chi connectivity index (χ1v) is 6.74. The summed E-state index contributed by atoms with van der Waals surface area (Å²) in [6.45, 7) is -0.312. The molecule has 1 heterocycles. The number of rotatable bonds is 2. The molecule has 0 saturated heterocycles. The number of alkyl halides is 3. The topological polar surface area (TPSA) is 38.1 Å². The van der Waals surface area contributed by atoms with Gasteiger partial charge in [0.2, 0.25) is 0 Å². The van der Waals surface area contributed by atoms with Gasteiger partial charge in [-0.25, -0.2) is 4.68 Å². The molecule has 22 heavy (non-hydrogen) atoms. The van der Waals surface area contributed by atoms with E-state index in [9.17, 15) is 18.3 Å². The van der Waals surface area contributed by atoms with Crippen LogP contribution in [0.5, 0.6) is 0 Å². The van der Waals surface area contributed by atoms with Crippen molar-refractivity contribution in [2.45, 2.75) is 12.8 Å². The molecule has 0 amide bonds. The Bertz CT molecular complexity index is 825. The second-order valence-corrected chi connectivity index (χ2v) is 5.10. The fourth-order valence-electron chi connectivity index (χ4n) is 2.30. The minimum Gasteiger partial charge on any atom is -0.390 e. The summed E-state index contributed by atoms with van der Waals surface area (Å²) in [6.07, 6.45) is -4.38. The van der Waals surface area contributed by atoms with E-state index < -0.39 is 11.7 Å². The lowest BCUT2D eigenvalue weighted by Crippen LogP contribution is -2.05. The maximum atomic E-state index is 12.6. The largest absolute Gasteiger partial charge is 0.416 e. The van der Waals surface area contributed by atoms with Crippen LogP contribution in [0.4, 0.5) is 13.2 Å². The van der Waals surface area contributed by atoms with Crippen LogP contribution in [0.1, 0.15) is 11.3 Å². The Hall–Kier alpha value is -2.05. The highest BCUT2D eigenvalue weighted by Crippen LogP contribution is 2.31. The Balaban J connectivity index is 2.17. The highest BCUT2D eigenvalue weighted by molar-refractivity contribution is 6.35. The van der Waals surface area contributed by atoms with Crippen LogP contribution in [0.25, 0.3) is 16.6 Å². The molecule has 0 aliphatic carbocycles. The molecular formula is C15H10ClF3N2O. The summed E-state index contributed by atoms with van der Waals surface area (Å²) in [7, 11) is 0. The number of hydrogen-bond donors (Lipinski definition) is 1. The second-order valence-electron chi connectivity index (χ2n) is 4.70. The number of hydrogen-bond acceptors (Lipinski definition) is 2. The maximum absolute atomic E-state index is 12.6. The number of nitrogens with zero attached hydrogens (tertiary/aromatic N) is 2. The van der Waals surface area contributed by atoms with E-state index in [0.29, 0.717) is 27.3 Å². The van der Waals surface area contributed by atoms with Crippen LogP contribution >= 0.6 is 11.6 Å². The van der Waals surface area contributed by atoms with Gasteiger partial charge in [0.15, 0.2) is 0 Å². The standard InChI is InChI=1S/C15H10ClF3N2O/c16-11-2-1-3-13-14(11)12(8-22)20-21(13)10-6-4-9(5-7-10)15(17,18)19/h1-7,22H,8H2. The molecule has 3 rings (SSSR count). The lowest BCUT2D eigenvalue weighted by atomic mass is 10.2. The lowest BCUT2D eigenvalue weighted by molar-refractivity contribution is -0.137. The van der Waals surface area contributed by atoms with Crippen LogP contribution in [-0.2, 0) is 12.8 Å². The monoisotopic (exact) mass is 326 g/mol. The van der Waals surface area contributed by atoms with Gasteiger partial charge < -0.3 is 5.11 Å². The predicted molar refractivity (Wildman–Crippen MR) is 77.0 cm³/mol. The second kappa shape index (κ2) is 5.30. The molecule has 3 aromatic rings. The smallest absolute Gasteiger partial charge is 0.390 e. The Morgan fingerprint density at radius 3 is 2.36 bits per heavy atom. The van der Waals surface area contributed by atoms with Crippen molar-refractivity contribution in [3.8, 4) is 5.69 Å². The van der Waals surface area contributed by atoms with Gasteiger partial charge in [0.25, 0.3) is 0 Å². The van der Waals surface area contributed by atoms with Crippen molar-refractivity contribution in [2.75, 3.05) is 0 Å². The van der Waals surface area contributed by atoms with Gasteiger partial charge in [0.05, 0.1) is 34.1 Å². The highest BCUT2D eigenvalue weighted by Gasteiger charge is 2.30. The summed E-state index contributed by atoms with van der Waals surface area (Å²) in [5, 5.41) is 14.6. The first-order chi connectivity index (χ1) is 10.4. The first-order valence-electron chi connectivity index (χ1n) is 6.36. The molecule has 3 nitrogen and oxygen atoms in total. The average Bonchev–Trinajstić information content (AvgIpc) is 2.87. The summed E-state index contributed by atoms with van der Waals surface area (Å²) in [4.78, 5) is 0. The molecule has 1 aromatic heterocycles. The number of aliphatic hydroxyl groups excluding tert-OH is 1. The van der Waals surface area contributed by atoms with Crippen LogP contribution in [0.3, 0.4) is 0 Å². The van der Waals surface area contributed by atoms with E-state index >= 15 is 0 Å². The Labute approximate surface area is 128 Å². The van der Waals surface area contributed by atoms with Crippen molar-refractivity contribution in [2.24, 2.45) is 0 Å². The number of benzene rings is 2. The molecule has 0 fully saturated rings. The summed E-state index contributed by atoms with van der Waals surface area (Å²) >= 11 is 6.11. The zero-order valence-corrected chi connectivity index (χ0v) is 11.9. The van der Waals surface area contributed by atoms with Crippen molar-refractivity contribution < 1.29 is 18.3 Å². The third kappa shape index (κ3) is 2.44. The van der Waals surface area contributed by atoms with Gasteiger partial charge in [-0.15, -0.1) is 0 Å². The van der Waals surface area contributed by atoms with E-state index in [4.69, 9.17) is 11.6 Å². The van der Waals surface area contributed by atoms with Crippen molar-refractivity contribution in [1.82, 2.24) is 9.78 Å². The Morgan fingerprint density at radius 1 is 1.09 bits per heavy atom. The molecule has 0 saturated carbocycles. The van der Waals surface area contributed by atoms with Crippen LogP contribution in [0.15, 0.2) is 42.5 Å². The minimum absolute atomic E-state index is 0.312. The average molecular weight is 327 g/mol. The van der Waals surface area contributed by atoms with Crippen LogP contribution in [-0.4, -0.2) is 14.9 Å².